The second-order valence-corrected chi connectivity index (χ2v) is 6.72. The fourth-order valence-corrected chi connectivity index (χ4v) is 2.83. The molecule has 0 saturated heterocycles. The van der Waals surface area contributed by atoms with E-state index in [9.17, 15) is 9.18 Å². The molecule has 2 rings (SSSR count). The van der Waals surface area contributed by atoms with Gasteiger partial charge in [-0.05, 0) is 43.0 Å². The summed E-state index contributed by atoms with van der Waals surface area (Å²) in [6, 6.07) is 6.15. The van der Waals surface area contributed by atoms with Crippen molar-refractivity contribution in [2.24, 2.45) is 5.92 Å². The van der Waals surface area contributed by atoms with Crippen molar-refractivity contribution < 1.29 is 9.18 Å². The lowest BCUT2D eigenvalue weighted by Gasteiger charge is -2.23. The number of hydrogen-bond donors (Lipinski definition) is 0. The lowest BCUT2D eigenvalue weighted by Crippen LogP contribution is -2.34. The Morgan fingerprint density at radius 3 is 2.33 bits per heavy atom. The normalized spacial score (nSPS) is 11.3. The summed E-state index contributed by atoms with van der Waals surface area (Å²) in [5.74, 6) is 0.239. The third-order valence-electron chi connectivity index (χ3n) is 3.91. The Balaban J connectivity index is 2.44. The molecule has 0 aliphatic rings. The first-order valence-electron chi connectivity index (χ1n) is 8.48. The van der Waals surface area contributed by atoms with E-state index in [0.717, 1.165) is 11.4 Å². The van der Waals surface area contributed by atoms with Crippen molar-refractivity contribution in [1.82, 2.24) is 14.7 Å². The summed E-state index contributed by atoms with van der Waals surface area (Å²) in [5.41, 5.74) is 2.23. The number of amides is 1. The molecule has 2 aromatic rings. The molecule has 0 bridgehead atoms. The van der Waals surface area contributed by atoms with E-state index in [1.807, 2.05) is 25.7 Å². The highest BCUT2D eigenvalue weighted by atomic mass is 19.1. The van der Waals surface area contributed by atoms with Crippen LogP contribution in [0, 0.1) is 11.7 Å². The molecule has 1 aromatic heterocycles. The molecule has 0 saturated carbocycles. The van der Waals surface area contributed by atoms with E-state index in [1.165, 1.54) is 12.1 Å². The van der Waals surface area contributed by atoms with Crippen LogP contribution in [0.1, 0.15) is 56.6 Å². The minimum Gasteiger partial charge on any atom is -0.339 e. The Kier molecular flexibility index (Phi) is 5.75. The Morgan fingerprint density at radius 1 is 1.21 bits per heavy atom. The highest BCUT2D eigenvalue weighted by molar-refractivity contribution is 5.95. The molecule has 1 heterocycles. The van der Waals surface area contributed by atoms with Crippen molar-refractivity contribution in [3.63, 3.8) is 0 Å². The standard InChI is InChI=1S/C19H26FN3O/c1-6-22(12-13(2)3)19(24)17-11-21-23(18(17)14(4)5)16-9-7-15(20)8-10-16/h7-11,13-14H,6,12H2,1-5H3. The van der Waals surface area contributed by atoms with Crippen molar-refractivity contribution in [3.05, 3.63) is 47.5 Å². The number of rotatable bonds is 6. The van der Waals surface area contributed by atoms with Gasteiger partial charge in [-0.3, -0.25) is 4.79 Å². The molecule has 0 fully saturated rings. The summed E-state index contributed by atoms with van der Waals surface area (Å²) in [6.45, 7) is 11.6. The molecular formula is C19H26FN3O. The molecule has 4 nitrogen and oxygen atoms in total. The molecule has 24 heavy (non-hydrogen) atoms. The molecular weight excluding hydrogens is 305 g/mol. The largest absolute Gasteiger partial charge is 0.339 e. The van der Waals surface area contributed by atoms with Gasteiger partial charge in [0.1, 0.15) is 5.82 Å². The minimum absolute atomic E-state index is 0.00302. The van der Waals surface area contributed by atoms with Gasteiger partial charge in [0.15, 0.2) is 0 Å². The van der Waals surface area contributed by atoms with Crippen molar-refractivity contribution in [3.8, 4) is 5.69 Å². The van der Waals surface area contributed by atoms with Crippen LogP contribution in [0.5, 0.6) is 0 Å². The van der Waals surface area contributed by atoms with E-state index >= 15 is 0 Å². The van der Waals surface area contributed by atoms with Crippen LogP contribution in [0.3, 0.4) is 0 Å². The maximum atomic E-state index is 13.2. The van der Waals surface area contributed by atoms with Crippen LogP contribution in [-0.4, -0.2) is 33.7 Å². The van der Waals surface area contributed by atoms with E-state index in [1.54, 1.807) is 23.0 Å². The van der Waals surface area contributed by atoms with Crippen LogP contribution < -0.4 is 0 Å². The molecule has 0 N–H and O–H groups in total. The molecule has 0 atom stereocenters. The minimum atomic E-state index is -0.289. The number of carbonyl (C=O) groups excluding carboxylic acids is 1. The van der Waals surface area contributed by atoms with Gasteiger partial charge in [0.2, 0.25) is 0 Å². The van der Waals surface area contributed by atoms with Crippen LogP contribution in [0.2, 0.25) is 0 Å². The number of aromatic nitrogens is 2. The lowest BCUT2D eigenvalue weighted by atomic mass is 10.0. The molecule has 130 valence electrons. The highest BCUT2D eigenvalue weighted by Gasteiger charge is 2.24. The van der Waals surface area contributed by atoms with Crippen LogP contribution in [-0.2, 0) is 0 Å². The van der Waals surface area contributed by atoms with Crippen molar-refractivity contribution >= 4 is 5.91 Å². The Morgan fingerprint density at radius 2 is 1.83 bits per heavy atom. The smallest absolute Gasteiger partial charge is 0.257 e. The second kappa shape index (κ2) is 7.60. The number of halogens is 1. The predicted octanol–water partition coefficient (Wildman–Crippen LogP) is 4.25. The van der Waals surface area contributed by atoms with Crippen LogP contribution >= 0.6 is 0 Å². The molecule has 0 aliphatic heterocycles. The SMILES string of the molecule is CCN(CC(C)C)C(=O)c1cnn(-c2ccc(F)cc2)c1C(C)C. The van der Waals surface area contributed by atoms with Gasteiger partial charge >= 0.3 is 0 Å². The van der Waals surface area contributed by atoms with Gasteiger partial charge in [-0.2, -0.15) is 5.10 Å². The van der Waals surface area contributed by atoms with Gasteiger partial charge in [-0.25, -0.2) is 9.07 Å². The van der Waals surface area contributed by atoms with Crippen molar-refractivity contribution in [1.29, 1.82) is 0 Å². The molecule has 1 aromatic carbocycles. The number of carbonyl (C=O) groups is 1. The second-order valence-electron chi connectivity index (χ2n) is 6.72. The van der Waals surface area contributed by atoms with Crippen LogP contribution in [0.25, 0.3) is 5.69 Å². The predicted molar refractivity (Wildman–Crippen MR) is 94.0 cm³/mol. The summed E-state index contributed by atoms with van der Waals surface area (Å²) in [6.07, 6.45) is 1.63. The monoisotopic (exact) mass is 331 g/mol. The third-order valence-corrected chi connectivity index (χ3v) is 3.91. The number of benzene rings is 1. The summed E-state index contributed by atoms with van der Waals surface area (Å²) < 4.78 is 14.9. The van der Waals surface area contributed by atoms with E-state index < -0.39 is 0 Å². The van der Waals surface area contributed by atoms with E-state index in [4.69, 9.17) is 0 Å². The molecule has 5 heteroatoms. The topological polar surface area (TPSA) is 38.1 Å². The number of nitrogens with zero attached hydrogens (tertiary/aromatic N) is 3. The van der Waals surface area contributed by atoms with E-state index in [-0.39, 0.29) is 17.6 Å². The zero-order chi connectivity index (χ0) is 17.9. The first-order chi connectivity index (χ1) is 11.3. The third kappa shape index (κ3) is 3.83. The quantitative estimate of drug-likeness (QED) is 0.793. The zero-order valence-electron chi connectivity index (χ0n) is 15.1. The zero-order valence-corrected chi connectivity index (χ0v) is 15.1. The Labute approximate surface area is 143 Å². The fourth-order valence-electron chi connectivity index (χ4n) is 2.83. The lowest BCUT2D eigenvalue weighted by molar-refractivity contribution is 0.0744. The molecule has 1 amide bonds. The van der Waals surface area contributed by atoms with Crippen LogP contribution in [0.15, 0.2) is 30.5 Å². The summed E-state index contributed by atoms with van der Waals surface area (Å²) in [7, 11) is 0. The van der Waals surface area contributed by atoms with Gasteiger partial charge in [-0.15, -0.1) is 0 Å². The van der Waals surface area contributed by atoms with Crippen molar-refractivity contribution in [2.45, 2.75) is 40.5 Å². The average Bonchev–Trinajstić information content (AvgIpc) is 2.97. The maximum Gasteiger partial charge on any atom is 0.257 e. The van der Waals surface area contributed by atoms with Crippen molar-refractivity contribution in [2.75, 3.05) is 13.1 Å². The Bertz CT molecular complexity index is 689. The van der Waals surface area contributed by atoms with Gasteiger partial charge in [0.05, 0.1) is 23.1 Å². The summed E-state index contributed by atoms with van der Waals surface area (Å²) in [4.78, 5) is 14.8. The molecule has 0 spiro atoms. The van der Waals surface area contributed by atoms with Gasteiger partial charge < -0.3 is 4.90 Å². The maximum absolute atomic E-state index is 13.2. The Hall–Kier alpha value is -2.17. The molecule has 0 unspecified atom stereocenters. The molecule has 0 aliphatic carbocycles. The first kappa shape index (κ1) is 18.2. The first-order valence-corrected chi connectivity index (χ1v) is 8.48. The van der Waals surface area contributed by atoms with Gasteiger partial charge in [0.25, 0.3) is 5.91 Å². The summed E-state index contributed by atoms with van der Waals surface area (Å²) >= 11 is 0. The summed E-state index contributed by atoms with van der Waals surface area (Å²) in [5, 5.41) is 4.40. The van der Waals surface area contributed by atoms with E-state index in [0.29, 0.717) is 24.6 Å². The highest BCUT2D eigenvalue weighted by Crippen LogP contribution is 2.24. The average molecular weight is 331 g/mol. The molecule has 0 radical (unpaired) electrons. The van der Waals surface area contributed by atoms with Crippen LogP contribution in [0.4, 0.5) is 4.39 Å². The number of hydrogen-bond acceptors (Lipinski definition) is 2. The van der Waals surface area contributed by atoms with Gasteiger partial charge in [0, 0.05) is 13.1 Å². The fraction of sp³-hybridized carbons (Fsp3) is 0.474. The van der Waals surface area contributed by atoms with Gasteiger partial charge in [-0.1, -0.05) is 27.7 Å². The van der Waals surface area contributed by atoms with E-state index in [2.05, 4.69) is 18.9 Å².